The molecule has 0 spiro atoms. The highest BCUT2D eigenvalue weighted by Crippen LogP contribution is 2.34. The number of rotatable bonds is 6. The van der Waals surface area contributed by atoms with Gasteiger partial charge in [-0.1, -0.05) is 0 Å². The molecule has 0 saturated carbocycles. The topological polar surface area (TPSA) is 38.7 Å². The highest BCUT2D eigenvalue weighted by Gasteiger charge is 2.13. The number of fused-ring (bicyclic) bond motifs is 1. The van der Waals surface area contributed by atoms with Crippen molar-refractivity contribution >= 4 is 10.9 Å². The molecule has 2 heterocycles. The molecule has 2 aromatic rings. The van der Waals surface area contributed by atoms with Crippen LogP contribution in [0.15, 0.2) is 18.3 Å². The summed E-state index contributed by atoms with van der Waals surface area (Å²) in [6.45, 7) is 5.74. The van der Waals surface area contributed by atoms with Crippen molar-refractivity contribution in [2.45, 2.75) is 12.8 Å². The van der Waals surface area contributed by atoms with E-state index in [2.05, 4.69) is 40.2 Å². The molecule has 0 radical (unpaired) electrons. The fraction of sp³-hybridized carbons (Fsp3) is 0.556. The third-order valence-electron chi connectivity index (χ3n) is 4.71. The number of aromatic nitrogens is 1. The number of hydrogen-bond donors (Lipinski definition) is 1. The zero-order valence-electron chi connectivity index (χ0n) is 14.4. The number of piperazine rings is 1. The second-order valence-electron chi connectivity index (χ2n) is 6.18. The maximum Gasteiger partial charge on any atom is 0.162 e. The minimum Gasteiger partial charge on any atom is -0.493 e. The summed E-state index contributed by atoms with van der Waals surface area (Å²) in [5.41, 5.74) is 2.58. The first-order chi connectivity index (χ1) is 11.2. The van der Waals surface area contributed by atoms with Crippen molar-refractivity contribution in [3.63, 3.8) is 0 Å². The minimum atomic E-state index is 0.786. The monoisotopic (exact) mass is 317 g/mol. The van der Waals surface area contributed by atoms with Gasteiger partial charge in [-0.05, 0) is 31.0 Å². The summed E-state index contributed by atoms with van der Waals surface area (Å²) >= 11 is 0. The maximum absolute atomic E-state index is 5.46. The van der Waals surface area contributed by atoms with Gasteiger partial charge >= 0.3 is 0 Å². The molecule has 0 unspecified atom stereocenters. The Balaban J connectivity index is 1.75. The van der Waals surface area contributed by atoms with Crippen LogP contribution in [0.4, 0.5) is 0 Å². The van der Waals surface area contributed by atoms with E-state index in [1.165, 1.54) is 42.5 Å². The average Bonchev–Trinajstić information content (AvgIpc) is 2.90. The van der Waals surface area contributed by atoms with E-state index >= 15 is 0 Å². The van der Waals surface area contributed by atoms with Crippen molar-refractivity contribution in [2.24, 2.45) is 7.05 Å². The van der Waals surface area contributed by atoms with Crippen LogP contribution >= 0.6 is 0 Å². The van der Waals surface area contributed by atoms with Gasteiger partial charge in [0.15, 0.2) is 11.5 Å². The predicted molar refractivity (Wildman–Crippen MR) is 93.7 cm³/mol. The van der Waals surface area contributed by atoms with E-state index in [9.17, 15) is 0 Å². The minimum absolute atomic E-state index is 0.786. The van der Waals surface area contributed by atoms with Crippen LogP contribution in [0, 0.1) is 0 Å². The molecule has 1 fully saturated rings. The lowest BCUT2D eigenvalue weighted by Gasteiger charge is -2.26. The molecule has 1 aromatic heterocycles. The van der Waals surface area contributed by atoms with Gasteiger partial charge in [0.25, 0.3) is 0 Å². The zero-order chi connectivity index (χ0) is 16.2. The third kappa shape index (κ3) is 3.46. The molecule has 0 atom stereocenters. The van der Waals surface area contributed by atoms with Crippen molar-refractivity contribution in [1.82, 2.24) is 14.8 Å². The molecule has 3 rings (SSSR count). The molecule has 5 nitrogen and oxygen atoms in total. The summed E-state index contributed by atoms with van der Waals surface area (Å²) in [6, 6.07) is 4.17. The van der Waals surface area contributed by atoms with Gasteiger partial charge in [0, 0.05) is 50.9 Å². The Labute approximate surface area is 138 Å². The lowest BCUT2D eigenvalue weighted by atomic mass is 10.1. The first-order valence-electron chi connectivity index (χ1n) is 8.36. The van der Waals surface area contributed by atoms with Gasteiger partial charge < -0.3 is 24.3 Å². The largest absolute Gasteiger partial charge is 0.493 e. The molecule has 1 aliphatic rings. The number of ether oxygens (including phenoxy) is 2. The fourth-order valence-electron chi connectivity index (χ4n) is 3.42. The van der Waals surface area contributed by atoms with E-state index in [0.717, 1.165) is 31.0 Å². The van der Waals surface area contributed by atoms with Crippen molar-refractivity contribution in [2.75, 3.05) is 46.9 Å². The average molecular weight is 317 g/mol. The van der Waals surface area contributed by atoms with E-state index in [-0.39, 0.29) is 0 Å². The van der Waals surface area contributed by atoms with Gasteiger partial charge in [0.1, 0.15) is 0 Å². The highest BCUT2D eigenvalue weighted by atomic mass is 16.5. The molecule has 1 saturated heterocycles. The number of methoxy groups -OCH3 is 2. The van der Waals surface area contributed by atoms with Crippen molar-refractivity contribution in [1.29, 1.82) is 0 Å². The molecule has 23 heavy (non-hydrogen) atoms. The Bertz CT molecular complexity index is 660. The van der Waals surface area contributed by atoms with Gasteiger partial charge in [-0.15, -0.1) is 0 Å². The first-order valence-corrected chi connectivity index (χ1v) is 8.36. The number of nitrogens with one attached hydrogen (secondary N) is 1. The molecule has 5 heteroatoms. The van der Waals surface area contributed by atoms with Crippen LogP contribution in [-0.4, -0.2) is 56.4 Å². The normalized spacial score (nSPS) is 16.0. The van der Waals surface area contributed by atoms with Crippen molar-refractivity contribution in [3.8, 4) is 11.5 Å². The summed E-state index contributed by atoms with van der Waals surface area (Å²) in [7, 11) is 5.46. The summed E-state index contributed by atoms with van der Waals surface area (Å²) in [5, 5.41) is 4.67. The second kappa shape index (κ2) is 7.23. The molecular formula is C18H27N3O2. The molecule has 126 valence electrons. The molecule has 1 aromatic carbocycles. The number of aryl methyl sites for hydroxylation is 2. The Morgan fingerprint density at radius 2 is 1.78 bits per heavy atom. The summed E-state index contributed by atoms with van der Waals surface area (Å²) in [5.74, 6) is 1.59. The van der Waals surface area contributed by atoms with Crippen LogP contribution in [0.2, 0.25) is 0 Å². The molecule has 0 amide bonds. The Kier molecular flexibility index (Phi) is 5.08. The first kappa shape index (κ1) is 16.1. The van der Waals surface area contributed by atoms with Crippen LogP contribution in [0.25, 0.3) is 10.9 Å². The van der Waals surface area contributed by atoms with Crippen LogP contribution in [-0.2, 0) is 13.5 Å². The highest BCUT2D eigenvalue weighted by molar-refractivity contribution is 5.87. The molecule has 1 N–H and O–H groups in total. The standard InChI is InChI=1S/C18H27N3O2/c1-20-13-14(5-4-8-21-9-6-19-7-10-21)15-11-17(22-2)18(23-3)12-16(15)20/h11-13,19H,4-10H2,1-3H3. The van der Waals surface area contributed by atoms with E-state index in [4.69, 9.17) is 9.47 Å². The number of hydrogen-bond acceptors (Lipinski definition) is 4. The van der Waals surface area contributed by atoms with Crippen LogP contribution in [0.5, 0.6) is 11.5 Å². The quantitative estimate of drug-likeness (QED) is 0.885. The SMILES string of the molecule is COc1cc2c(CCCN3CCNCC3)cn(C)c2cc1OC. The smallest absolute Gasteiger partial charge is 0.162 e. The van der Waals surface area contributed by atoms with Gasteiger partial charge in [-0.25, -0.2) is 0 Å². The predicted octanol–water partition coefficient (Wildman–Crippen LogP) is 2.03. The van der Waals surface area contributed by atoms with Gasteiger partial charge in [0.2, 0.25) is 0 Å². The van der Waals surface area contributed by atoms with Gasteiger partial charge in [-0.3, -0.25) is 0 Å². The van der Waals surface area contributed by atoms with Crippen LogP contribution in [0.3, 0.4) is 0 Å². The van der Waals surface area contributed by atoms with Gasteiger partial charge in [0.05, 0.1) is 19.7 Å². The fourth-order valence-corrected chi connectivity index (χ4v) is 3.42. The molecule has 0 aliphatic carbocycles. The molecular weight excluding hydrogens is 290 g/mol. The third-order valence-corrected chi connectivity index (χ3v) is 4.71. The number of nitrogens with zero attached hydrogens (tertiary/aromatic N) is 2. The van der Waals surface area contributed by atoms with E-state index in [1.54, 1.807) is 14.2 Å². The Morgan fingerprint density at radius 1 is 1.09 bits per heavy atom. The summed E-state index contributed by atoms with van der Waals surface area (Å²) in [4.78, 5) is 2.55. The van der Waals surface area contributed by atoms with Crippen LogP contribution in [0.1, 0.15) is 12.0 Å². The van der Waals surface area contributed by atoms with Gasteiger partial charge in [-0.2, -0.15) is 0 Å². The lowest BCUT2D eigenvalue weighted by Crippen LogP contribution is -2.43. The second-order valence-corrected chi connectivity index (χ2v) is 6.18. The molecule has 0 bridgehead atoms. The zero-order valence-corrected chi connectivity index (χ0v) is 14.4. The number of benzene rings is 1. The van der Waals surface area contributed by atoms with E-state index in [1.807, 2.05) is 0 Å². The maximum atomic E-state index is 5.46. The summed E-state index contributed by atoms with van der Waals surface area (Å²) < 4.78 is 13.1. The lowest BCUT2D eigenvalue weighted by molar-refractivity contribution is 0.238. The van der Waals surface area contributed by atoms with E-state index in [0.29, 0.717) is 0 Å². The van der Waals surface area contributed by atoms with E-state index < -0.39 is 0 Å². The van der Waals surface area contributed by atoms with Crippen LogP contribution < -0.4 is 14.8 Å². The summed E-state index contributed by atoms with van der Waals surface area (Å²) in [6.07, 6.45) is 4.52. The Morgan fingerprint density at radius 3 is 2.48 bits per heavy atom. The molecule has 1 aliphatic heterocycles. The van der Waals surface area contributed by atoms with Crippen molar-refractivity contribution < 1.29 is 9.47 Å². The Hall–Kier alpha value is -1.72. The van der Waals surface area contributed by atoms with Crippen molar-refractivity contribution in [3.05, 3.63) is 23.9 Å².